The predicted octanol–water partition coefficient (Wildman–Crippen LogP) is 1.43. The molecule has 0 unspecified atom stereocenters. The summed E-state index contributed by atoms with van der Waals surface area (Å²) in [5, 5.41) is 7.41. The van der Waals surface area contributed by atoms with Gasteiger partial charge in [-0.3, -0.25) is 14.3 Å². The summed E-state index contributed by atoms with van der Waals surface area (Å²) in [6.07, 6.45) is 3.65. The molecule has 0 radical (unpaired) electrons. The zero-order valence-electron chi connectivity index (χ0n) is 14.0. The normalized spacial score (nSPS) is 15.5. The number of carbonyl (C=O) groups is 2. The Morgan fingerprint density at radius 1 is 1.39 bits per heavy atom. The summed E-state index contributed by atoms with van der Waals surface area (Å²) in [5.74, 6) is 0.0652. The maximum atomic E-state index is 12.2. The maximum absolute atomic E-state index is 12.2. The van der Waals surface area contributed by atoms with E-state index in [1.165, 1.54) is 6.08 Å². The summed E-state index contributed by atoms with van der Waals surface area (Å²) in [6, 6.07) is 2.05. The number of amides is 2. The third kappa shape index (κ3) is 4.68. The van der Waals surface area contributed by atoms with E-state index < -0.39 is 0 Å². The predicted molar refractivity (Wildman–Crippen MR) is 88.8 cm³/mol. The lowest BCUT2D eigenvalue weighted by atomic mass is 9.96. The minimum Gasteiger partial charge on any atom is -0.356 e. The van der Waals surface area contributed by atoms with Crippen molar-refractivity contribution in [2.75, 3.05) is 19.6 Å². The Labute approximate surface area is 137 Å². The average molecular weight is 318 g/mol. The maximum Gasteiger partial charge on any atom is 0.245 e. The van der Waals surface area contributed by atoms with Gasteiger partial charge in [-0.05, 0) is 45.3 Å². The summed E-state index contributed by atoms with van der Waals surface area (Å²) in [5.41, 5.74) is 2.17. The van der Waals surface area contributed by atoms with Crippen LogP contribution in [0.5, 0.6) is 0 Å². The van der Waals surface area contributed by atoms with Crippen molar-refractivity contribution in [3.8, 4) is 0 Å². The monoisotopic (exact) mass is 318 g/mol. The van der Waals surface area contributed by atoms with E-state index in [2.05, 4.69) is 23.1 Å². The second-order valence-corrected chi connectivity index (χ2v) is 6.10. The van der Waals surface area contributed by atoms with E-state index in [-0.39, 0.29) is 17.7 Å². The third-order valence-corrected chi connectivity index (χ3v) is 4.30. The van der Waals surface area contributed by atoms with Gasteiger partial charge in [0.05, 0.1) is 5.69 Å². The smallest absolute Gasteiger partial charge is 0.245 e. The van der Waals surface area contributed by atoms with Crippen LogP contribution in [0.4, 0.5) is 0 Å². The molecule has 0 aliphatic carbocycles. The van der Waals surface area contributed by atoms with E-state index in [9.17, 15) is 9.59 Å². The Morgan fingerprint density at radius 2 is 2.09 bits per heavy atom. The number of hydrogen-bond donors (Lipinski definition) is 1. The third-order valence-electron chi connectivity index (χ3n) is 4.30. The van der Waals surface area contributed by atoms with E-state index in [4.69, 9.17) is 0 Å². The van der Waals surface area contributed by atoms with E-state index in [1.54, 1.807) is 4.90 Å². The lowest BCUT2D eigenvalue weighted by molar-refractivity contribution is -0.132. The molecule has 1 aromatic rings. The van der Waals surface area contributed by atoms with Crippen LogP contribution in [0.15, 0.2) is 18.7 Å². The molecule has 0 atom stereocenters. The van der Waals surface area contributed by atoms with Crippen molar-refractivity contribution < 1.29 is 9.59 Å². The number of rotatable bonds is 6. The van der Waals surface area contributed by atoms with Gasteiger partial charge >= 0.3 is 0 Å². The molecule has 1 N–H and O–H groups in total. The highest BCUT2D eigenvalue weighted by Crippen LogP contribution is 2.17. The Morgan fingerprint density at radius 3 is 2.65 bits per heavy atom. The average Bonchev–Trinajstić information content (AvgIpc) is 2.88. The van der Waals surface area contributed by atoms with Crippen molar-refractivity contribution in [1.29, 1.82) is 0 Å². The minimum absolute atomic E-state index is 0.0116. The molecule has 2 amide bonds. The van der Waals surface area contributed by atoms with E-state index in [0.717, 1.165) is 37.2 Å². The molecule has 2 heterocycles. The van der Waals surface area contributed by atoms with Crippen LogP contribution in [0, 0.1) is 19.8 Å². The van der Waals surface area contributed by atoms with Crippen molar-refractivity contribution in [3.63, 3.8) is 0 Å². The molecular weight excluding hydrogens is 292 g/mol. The molecule has 6 heteroatoms. The molecule has 23 heavy (non-hydrogen) atoms. The van der Waals surface area contributed by atoms with Crippen molar-refractivity contribution in [2.45, 2.75) is 39.7 Å². The van der Waals surface area contributed by atoms with Crippen molar-refractivity contribution in [2.24, 2.45) is 5.92 Å². The fourth-order valence-corrected chi connectivity index (χ4v) is 2.98. The number of piperidine rings is 1. The topological polar surface area (TPSA) is 67.2 Å². The molecule has 1 saturated heterocycles. The van der Waals surface area contributed by atoms with Crippen LogP contribution < -0.4 is 5.32 Å². The van der Waals surface area contributed by atoms with Crippen molar-refractivity contribution in [1.82, 2.24) is 20.0 Å². The molecular formula is C17H26N4O2. The van der Waals surface area contributed by atoms with E-state index in [0.29, 0.717) is 19.6 Å². The van der Waals surface area contributed by atoms with Gasteiger partial charge in [-0.2, -0.15) is 5.10 Å². The fraction of sp³-hybridized carbons (Fsp3) is 0.588. The molecule has 6 nitrogen and oxygen atoms in total. The Bertz CT molecular complexity index is 571. The highest BCUT2D eigenvalue weighted by atomic mass is 16.2. The molecule has 0 bridgehead atoms. The number of likely N-dealkylation sites (tertiary alicyclic amines) is 1. The molecule has 0 saturated carbocycles. The van der Waals surface area contributed by atoms with Gasteiger partial charge in [-0.25, -0.2) is 0 Å². The lowest BCUT2D eigenvalue weighted by Crippen LogP contribution is -2.42. The van der Waals surface area contributed by atoms with Crippen molar-refractivity contribution in [3.05, 3.63) is 30.1 Å². The first-order valence-corrected chi connectivity index (χ1v) is 8.21. The van der Waals surface area contributed by atoms with Crippen LogP contribution in [0.25, 0.3) is 0 Å². The highest BCUT2D eigenvalue weighted by Gasteiger charge is 2.26. The quantitative estimate of drug-likeness (QED) is 0.637. The van der Waals surface area contributed by atoms with Crippen LogP contribution in [-0.2, 0) is 16.1 Å². The zero-order chi connectivity index (χ0) is 16.8. The summed E-state index contributed by atoms with van der Waals surface area (Å²) < 4.78 is 1.97. The number of aromatic nitrogens is 2. The molecule has 2 rings (SSSR count). The molecule has 0 aromatic carbocycles. The standard InChI is InChI=1S/C17H26N4O2/c1-4-16(22)20-10-6-15(7-11-20)17(23)18-8-5-9-21-14(3)12-13(2)19-21/h4,12,15H,1,5-11H2,2-3H3,(H,18,23). The van der Waals surface area contributed by atoms with Crippen LogP contribution >= 0.6 is 0 Å². The zero-order valence-corrected chi connectivity index (χ0v) is 14.0. The van der Waals surface area contributed by atoms with Crippen LogP contribution in [0.3, 0.4) is 0 Å². The van der Waals surface area contributed by atoms with Gasteiger partial charge in [-0.15, -0.1) is 0 Å². The molecule has 1 aromatic heterocycles. The van der Waals surface area contributed by atoms with Gasteiger partial charge < -0.3 is 10.2 Å². The highest BCUT2D eigenvalue weighted by molar-refractivity contribution is 5.87. The first-order chi connectivity index (χ1) is 11.0. The second kappa shape index (κ2) is 7.94. The Hall–Kier alpha value is -2.11. The summed E-state index contributed by atoms with van der Waals surface area (Å²) in [7, 11) is 0. The molecule has 0 spiro atoms. The SMILES string of the molecule is C=CC(=O)N1CCC(C(=O)NCCCn2nc(C)cc2C)CC1. The Kier molecular flexibility index (Phi) is 5.96. The van der Waals surface area contributed by atoms with Crippen LogP contribution in [0.2, 0.25) is 0 Å². The number of carbonyl (C=O) groups excluding carboxylic acids is 2. The largest absolute Gasteiger partial charge is 0.356 e. The van der Waals surface area contributed by atoms with Gasteiger partial charge in [0, 0.05) is 37.8 Å². The van der Waals surface area contributed by atoms with E-state index >= 15 is 0 Å². The Balaban J connectivity index is 1.67. The number of nitrogens with one attached hydrogen (secondary N) is 1. The fourth-order valence-electron chi connectivity index (χ4n) is 2.98. The second-order valence-electron chi connectivity index (χ2n) is 6.10. The van der Waals surface area contributed by atoms with Gasteiger partial charge in [0.15, 0.2) is 0 Å². The summed E-state index contributed by atoms with van der Waals surface area (Å²) in [4.78, 5) is 25.4. The van der Waals surface area contributed by atoms with Crippen LogP contribution in [-0.4, -0.2) is 46.1 Å². The number of aryl methyl sites for hydroxylation is 3. The van der Waals surface area contributed by atoms with Gasteiger partial charge in [0.2, 0.25) is 11.8 Å². The van der Waals surface area contributed by atoms with Gasteiger partial charge in [0.25, 0.3) is 0 Å². The summed E-state index contributed by atoms with van der Waals surface area (Å²) >= 11 is 0. The van der Waals surface area contributed by atoms with E-state index in [1.807, 2.05) is 18.5 Å². The first-order valence-electron chi connectivity index (χ1n) is 8.21. The lowest BCUT2D eigenvalue weighted by Gasteiger charge is -2.30. The molecule has 1 fully saturated rings. The van der Waals surface area contributed by atoms with Gasteiger partial charge in [0.1, 0.15) is 0 Å². The molecule has 1 aliphatic heterocycles. The summed E-state index contributed by atoms with van der Waals surface area (Å²) in [6.45, 7) is 10.2. The molecule has 126 valence electrons. The number of hydrogen-bond acceptors (Lipinski definition) is 3. The van der Waals surface area contributed by atoms with Crippen LogP contribution in [0.1, 0.15) is 30.7 Å². The number of nitrogens with zero attached hydrogens (tertiary/aromatic N) is 3. The molecule has 1 aliphatic rings. The minimum atomic E-state index is -0.0475. The first kappa shape index (κ1) is 17.2. The van der Waals surface area contributed by atoms with Crippen molar-refractivity contribution >= 4 is 11.8 Å². The van der Waals surface area contributed by atoms with Gasteiger partial charge in [-0.1, -0.05) is 6.58 Å².